The molecule has 0 aliphatic carbocycles. The van der Waals surface area contributed by atoms with Gasteiger partial charge in [-0.1, -0.05) is 0 Å². The third-order valence-corrected chi connectivity index (χ3v) is 2.64. The molecule has 1 rings (SSSR count). The van der Waals surface area contributed by atoms with Gasteiger partial charge in [-0.2, -0.15) is 13.2 Å². The van der Waals surface area contributed by atoms with Gasteiger partial charge in [-0.3, -0.25) is 0 Å². The fourth-order valence-electron chi connectivity index (χ4n) is 0.790. The number of nitrogens with two attached hydrogens (primary N) is 1. The summed E-state index contributed by atoms with van der Waals surface area (Å²) in [6, 6.07) is 1.98. The van der Waals surface area contributed by atoms with E-state index in [0.29, 0.717) is 11.3 Å². The Labute approximate surface area is 76.2 Å². The van der Waals surface area contributed by atoms with Crippen LogP contribution in [0.3, 0.4) is 0 Å². The molecule has 0 aromatic carbocycles. The molecule has 1 aromatic heterocycles. The molecule has 0 saturated heterocycles. The Morgan fingerprint density at radius 1 is 1.38 bits per heavy atom. The van der Waals surface area contributed by atoms with Crippen molar-refractivity contribution in [1.82, 2.24) is 0 Å². The van der Waals surface area contributed by atoms with Crippen LogP contribution in [0.2, 0.25) is 0 Å². The summed E-state index contributed by atoms with van der Waals surface area (Å²) in [7, 11) is 0. The van der Waals surface area contributed by atoms with Crippen molar-refractivity contribution in [3.63, 3.8) is 0 Å². The van der Waals surface area contributed by atoms with Crippen LogP contribution in [0.1, 0.15) is 15.9 Å². The quantitative estimate of drug-likeness (QED) is 0.751. The van der Waals surface area contributed by atoms with Crippen molar-refractivity contribution in [1.29, 1.82) is 0 Å². The second-order valence-corrected chi connectivity index (χ2v) is 3.52. The van der Waals surface area contributed by atoms with Gasteiger partial charge in [-0.15, -0.1) is 11.3 Å². The Kier molecular flexibility index (Phi) is 2.92. The first-order valence-corrected chi connectivity index (χ1v) is 4.28. The largest absolute Gasteiger partial charge is 0.425 e. The van der Waals surface area contributed by atoms with Crippen LogP contribution in [0.15, 0.2) is 12.1 Å². The van der Waals surface area contributed by atoms with Gasteiger partial charge in [0.25, 0.3) is 0 Å². The molecule has 1 aromatic rings. The van der Waals surface area contributed by atoms with Gasteiger partial charge in [-0.05, 0) is 12.1 Å². The van der Waals surface area contributed by atoms with E-state index >= 15 is 0 Å². The maximum Gasteiger partial charge on any atom is 0.425 e. The van der Waals surface area contributed by atoms with Crippen molar-refractivity contribution in [3.05, 3.63) is 21.9 Å². The van der Waals surface area contributed by atoms with Gasteiger partial charge in [-0.25, -0.2) is 4.39 Å². The van der Waals surface area contributed by atoms with Gasteiger partial charge in [0, 0.05) is 11.4 Å². The first kappa shape index (κ1) is 10.5. The number of alkyl halides is 4. The maximum atomic E-state index is 12.8. The van der Waals surface area contributed by atoms with E-state index in [1.807, 2.05) is 0 Å². The number of thiophene rings is 1. The zero-order valence-corrected chi connectivity index (χ0v) is 7.25. The first-order valence-electron chi connectivity index (χ1n) is 3.46. The second kappa shape index (κ2) is 3.63. The highest BCUT2D eigenvalue weighted by atomic mass is 32.1. The second-order valence-electron chi connectivity index (χ2n) is 2.40. The molecule has 0 aliphatic rings. The summed E-state index contributed by atoms with van der Waals surface area (Å²) >= 11 is 0.392. The number of halogens is 4. The summed E-state index contributed by atoms with van der Waals surface area (Å²) in [5, 5.41) is 0. The van der Waals surface area contributed by atoms with Crippen LogP contribution in [0.4, 0.5) is 17.6 Å². The Morgan fingerprint density at radius 2 is 2.00 bits per heavy atom. The van der Waals surface area contributed by atoms with Crippen LogP contribution >= 0.6 is 11.3 Å². The van der Waals surface area contributed by atoms with E-state index < -0.39 is 17.2 Å². The third kappa shape index (κ3) is 2.41. The molecule has 0 amide bonds. The van der Waals surface area contributed by atoms with Gasteiger partial charge in [0.2, 0.25) is 0 Å². The summed E-state index contributed by atoms with van der Waals surface area (Å²) in [6.07, 6.45) is -5.89. The molecule has 74 valence electrons. The van der Waals surface area contributed by atoms with Crippen molar-refractivity contribution in [2.45, 2.75) is 12.3 Å². The molecule has 13 heavy (non-hydrogen) atoms. The van der Waals surface area contributed by atoms with Crippen molar-refractivity contribution in [2.24, 2.45) is 5.73 Å². The van der Waals surface area contributed by atoms with Gasteiger partial charge in [0.1, 0.15) is 11.0 Å². The predicted molar refractivity (Wildman–Crippen MR) is 42.2 cm³/mol. The minimum Gasteiger partial charge on any atom is -0.327 e. The van der Waals surface area contributed by atoms with E-state index in [4.69, 9.17) is 5.73 Å². The molecule has 6 heteroatoms. The van der Waals surface area contributed by atoms with Crippen LogP contribution < -0.4 is 5.73 Å². The molecule has 0 aliphatic heterocycles. The lowest BCUT2D eigenvalue weighted by Crippen LogP contribution is -2.06. The van der Waals surface area contributed by atoms with E-state index in [9.17, 15) is 17.6 Å². The van der Waals surface area contributed by atoms with Crippen molar-refractivity contribution >= 4 is 11.3 Å². The van der Waals surface area contributed by atoms with Crippen molar-refractivity contribution < 1.29 is 17.6 Å². The van der Waals surface area contributed by atoms with Crippen molar-refractivity contribution in [2.75, 3.05) is 6.54 Å². The number of hydrogen-bond donors (Lipinski definition) is 1. The number of hydrogen-bond acceptors (Lipinski definition) is 2. The Morgan fingerprint density at radius 3 is 2.38 bits per heavy atom. The average Bonchev–Trinajstić information content (AvgIpc) is 2.50. The van der Waals surface area contributed by atoms with Crippen LogP contribution in [0.25, 0.3) is 0 Å². The molecular weight excluding hydrogens is 206 g/mol. The molecule has 1 unspecified atom stereocenters. The molecule has 0 saturated carbocycles. The third-order valence-electron chi connectivity index (χ3n) is 1.42. The average molecular weight is 213 g/mol. The summed E-state index contributed by atoms with van der Waals surface area (Å²) in [5.74, 6) is 0. The van der Waals surface area contributed by atoms with E-state index in [-0.39, 0.29) is 11.4 Å². The zero-order chi connectivity index (χ0) is 10.1. The zero-order valence-electron chi connectivity index (χ0n) is 6.44. The summed E-state index contributed by atoms with van der Waals surface area (Å²) in [4.78, 5) is -0.770. The normalized spacial score (nSPS) is 14.5. The van der Waals surface area contributed by atoms with E-state index in [0.717, 1.165) is 12.1 Å². The highest BCUT2D eigenvalue weighted by molar-refractivity contribution is 7.12. The van der Waals surface area contributed by atoms with Gasteiger partial charge in [0.15, 0.2) is 0 Å². The van der Waals surface area contributed by atoms with Crippen LogP contribution in [-0.2, 0) is 6.18 Å². The lowest BCUT2D eigenvalue weighted by atomic mass is 10.3. The Bertz CT molecular complexity index is 280. The predicted octanol–water partition coefficient (Wildman–Crippen LogP) is 2.74. The van der Waals surface area contributed by atoms with Crippen LogP contribution in [-0.4, -0.2) is 6.54 Å². The Hall–Kier alpha value is -0.620. The monoisotopic (exact) mass is 213 g/mol. The molecule has 0 fully saturated rings. The summed E-state index contributed by atoms with van der Waals surface area (Å²) in [5.41, 5.74) is 4.97. The van der Waals surface area contributed by atoms with Crippen LogP contribution in [0.5, 0.6) is 0 Å². The van der Waals surface area contributed by atoms with Crippen molar-refractivity contribution in [3.8, 4) is 0 Å². The maximum absolute atomic E-state index is 12.8. The van der Waals surface area contributed by atoms with E-state index in [1.54, 1.807) is 0 Å². The smallest absolute Gasteiger partial charge is 0.327 e. The summed E-state index contributed by atoms with van der Waals surface area (Å²) in [6.45, 7) is -0.294. The molecule has 0 spiro atoms. The first-order chi connectivity index (χ1) is 5.95. The molecule has 1 atom stereocenters. The SMILES string of the molecule is NCC(F)c1ccc(C(F)(F)F)s1. The minimum atomic E-state index is -4.39. The molecule has 1 heterocycles. The minimum absolute atomic E-state index is 0.0230. The lowest BCUT2D eigenvalue weighted by Gasteiger charge is -2.02. The molecule has 1 nitrogen and oxygen atoms in total. The van der Waals surface area contributed by atoms with Gasteiger partial charge in [0.05, 0.1) is 0 Å². The molecule has 2 N–H and O–H groups in total. The van der Waals surface area contributed by atoms with Gasteiger partial charge >= 0.3 is 6.18 Å². The number of rotatable bonds is 2. The molecular formula is C7H7F4NS. The van der Waals surface area contributed by atoms with Gasteiger partial charge < -0.3 is 5.73 Å². The Balaban J connectivity index is 2.87. The van der Waals surface area contributed by atoms with Crippen LogP contribution in [0, 0.1) is 0 Å². The lowest BCUT2D eigenvalue weighted by molar-refractivity contribution is -0.134. The highest BCUT2D eigenvalue weighted by Crippen LogP contribution is 2.36. The molecule has 0 radical (unpaired) electrons. The topological polar surface area (TPSA) is 26.0 Å². The summed E-state index contributed by atoms with van der Waals surface area (Å²) < 4.78 is 48.9. The highest BCUT2D eigenvalue weighted by Gasteiger charge is 2.33. The standard InChI is InChI=1S/C7H7F4NS/c8-4(3-12)5-1-2-6(13-5)7(9,10)11/h1-2,4H,3,12H2. The molecule has 0 bridgehead atoms. The van der Waals surface area contributed by atoms with E-state index in [1.165, 1.54) is 0 Å². The van der Waals surface area contributed by atoms with E-state index in [2.05, 4.69) is 0 Å². The fourth-order valence-corrected chi connectivity index (χ4v) is 1.66. The fraction of sp³-hybridized carbons (Fsp3) is 0.429.